The van der Waals surface area contributed by atoms with Crippen molar-refractivity contribution in [1.29, 1.82) is 0 Å². The summed E-state index contributed by atoms with van der Waals surface area (Å²) in [5.41, 5.74) is 1.27. The summed E-state index contributed by atoms with van der Waals surface area (Å²) in [6.45, 7) is 0.140. The second-order valence-corrected chi connectivity index (χ2v) is 10.1. The molecule has 0 bridgehead atoms. The first kappa shape index (κ1) is 26.1. The topological polar surface area (TPSA) is 84.4 Å². The summed E-state index contributed by atoms with van der Waals surface area (Å²) < 4.78 is 71.8. The molecule has 1 N–H and O–H groups in total. The molecule has 192 valence electrons. The minimum Gasteiger partial charge on any atom is -0.497 e. The molecule has 4 aromatic rings. The fraction of sp³-hybridized carbons (Fsp3) is 0.154. The summed E-state index contributed by atoms with van der Waals surface area (Å²) in [5, 5.41) is 2.97. The second-order valence-electron chi connectivity index (χ2n) is 8.09. The lowest BCUT2D eigenvalue weighted by Gasteiger charge is -2.19. The van der Waals surface area contributed by atoms with Crippen molar-refractivity contribution in [3.8, 4) is 17.0 Å². The maximum absolute atomic E-state index is 13.4. The van der Waals surface area contributed by atoms with E-state index in [1.54, 1.807) is 55.8 Å². The highest BCUT2D eigenvalue weighted by atomic mass is 32.2. The summed E-state index contributed by atoms with van der Waals surface area (Å²) in [5.74, 6) is 0.831. The first-order chi connectivity index (χ1) is 17.6. The van der Waals surface area contributed by atoms with Crippen molar-refractivity contribution >= 4 is 21.5 Å². The lowest BCUT2D eigenvalue weighted by Crippen LogP contribution is -2.26. The van der Waals surface area contributed by atoms with Gasteiger partial charge in [-0.3, -0.25) is 4.98 Å². The van der Waals surface area contributed by atoms with Crippen LogP contribution in [-0.2, 0) is 22.7 Å². The molecule has 0 saturated heterocycles. The van der Waals surface area contributed by atoms with E-state index in [4.69, 9.17) is 4.74 Å². The lowest BCUT2D eigenvalue weighted by atomic mass is 10.1. The maximum Gasteiger partial charge on any atom is 0.417 e. The molecule has 0 aliphatic rings. The predicted molar refractivity (Wildman–Crippen MR) is 134 cm³/mol. The number of pyridine rings is 2. The number of anilines is 2. The van der Waals surface area contributed by atoms with E-state index in [1.807, 2.05) is 0 Å². The molecular formula is C26H23F3N4O3S. The second kappa shape index (κ2) is 10.6. The third-order valence-electron chi connectivity index (χ3n) is 5.56. The fourth-order valence-electron chi connectivity index (χ4n) is 3.55. The SMILES string of the molecule is COc1ccc(CN(C)S(=O)(=O)c2ccc(Nc3ccc(C(F)(F)F)cn3)c(-c3ccccn3)c2)cc1. The summed E-state index contributed by atoms with van der Waals surface area (Å²) >= 11 is 0. The van der Waals surface area contributed by atoms with Crippen LogP contribution < -0.4 is 10.1 Å². The molecule has 0 amide bonds. The zero-order chi connectivity index (χ0) is 26.6. The normalized spacial score (nSPS) is 11.9. The number of methoxy groups -OCH3 is 1. The molecule has 2 aromatic heterocycles. The predicted octanol–water partition coefficient (Wildman–Crippen LogP) is 5.74. The van der Waals surface area contributed by atoms with E-state index in [1.165, 1.54) is 35.6 Å². The molecule has 0 fully saturated rings. The van der Waals surface area contributed by atoms with Gasteiger partial charge in [-0.05, 0) is 60.2 Å². The third-order valence-corrected chi connectivity index (χ3v) is 7.36. The zero-order valence-electron chi connectivity index (χ0n) is 19.9. The van der Waals surface area contributed by atoms with Crippen molar-refractivity contribution < 1.29 is 26.3 Å². The molecule has 0 radical (unpaired) electrons. The number of ether oxygens (including phenoxy) is 1. The average Bonchev–Trinajstić information content (AvgIpc) is 2.89. The van der Waals surface area contributed by atoms with Gasteiger partial charge in [0.1, 0.15) is 11.6 Å². The van der Waals surface area contributed by atoms with E-state index in [9.17, 15) is 21.6 Å². The summed E-state index contributed by atoms with van der Waals surface area (Å²) in [6.07, 6.45) is -2.21. The van der Waals surface area contributed by atoms with Crippen molar-refractivity contribution in [1.82, 2.24) is 14.3 Å². The number of nitrogens with one attached hydrogen (secondary N) is 1. The Labute approximate surface area is 212 Å². The van der Waals surface area contributed by atoms with Gasteiger partial charge in [0.25, 0.3) is 0 Å². The summed E-state index contributed by atoms with van der Waals surface area (Å²) in [4.78, 5) is 8.20. The Morgan fingerprint density at radius 3 is 2.32 bits per heavy atom. The Morgan fingerprint density at radius 1 is 0.973 bits per heavy atom. The standard InChI is InChI=1S/C26H23F3N4O3S/c1-33(17-18-6-9-20(36-2)10-7-18)37(34,35)21-11-12-24(22(15-21)23-5-3-4-14-30-23)32-25-13-8-19(16-31-25)26(27,28)29/h3-16H,17H2,1-2H3,(H,31,32). The minimum atomic E-state index is -4.50. The molecule has 0 unspecified atom stereocenters. The van der Waals surface area contributed by atoms with E-state index in [-0.39, 0.29) is 17.3 Å². The van der Waals surface area contributed by atoms with Crippen LogP contribution in [-0.4, -0.2) is 36.8 Å². The van der Waals surface area contributed by atoms with Crippen LogP contribution in [0.25, 0.3) is 11.3 Å². The third kappa shape index (κ3) is 6.07. The molecule has 0 atom stereocenters. The van der Waals surface area contributed by atoms with Gasteiger partial charge in [0, 0.05) is 37.2 Å². The van der Waals surface area contributed by atoms with E-state index >= 15 is 0 Å². The Hall–Kier alpha value is -3.96. The Morgan fingerprint density at radius 2 is 1.73 bits per heavy atom. The molecule has 0 saturated carbocycles. The molecule has 4 rings (SSSR count). The number of hydrogen-bond donors (Lipinski definition) is 1. The first-order valence-electron chi connectivity index (χ1n) is 11.0. The van der Waals surface area contributed by atoms with Crippen LogP contribution in [0, 0.1) is 0 Å². The van der Waals surface area contributed by atoms with Gasteiger partial charge in [-0.25, -0.2) is 13.4 Å². The molecule has 0 aliphatic heterocycles. The summed E-state index contributed by atoms with van der Waals surface area (Å²) in [7, 11) is -0.852. The maximum atomic E-state index is 13.4. The largest absolute Gasteiger partial charge is 0.497 e. The van der Waals surface area contributed by atoms with E-state index in [2.05, 4.69) is 15.3 Å². The fourth-order valence-corrected chi connectivity index (χ4v) is 4.74. The number of hydrogen-bond acceptors (Lipinski definition) is 6. The zero-order valence-corrected chi connectivity index (χ0v) is 20.7. The van der Waals surface area contributed by atoms with Gasteiger partial charge in [-0.2, -0.15) is 17.5 Å². The van der Waals surface area contributed by atoms with Gasteiger partial charge in [0.15, 0.2) is 0 Å². The summed E-state index contributed by atoms with van der Waals surface area (Å²) in [6, 6.07) is 18.8. The van der Waals surface area contributed by atoms with Crippen molar-refractivity contribution in [2.45, 2.75) is 17.6 Å². The number of alkyl halides is 3. The first-order valence-corrected chi connectivity index (χ1v) is 12.5. The monoisotopic (exact) mass is 528 g/mol. The van der Waals surface area contributed by atoms with Gasteiger partial charge >= 0.3 is 6.18 Å². The molecule has 0 aliphatic carbocycles. The van der Waals surface area contributed by atoms with Gasteiger partial charge in [0.2, 0.25) is 10.0 Å². The van der Waals surface area contributed by atoms with E-state index in [0.29, 0.717) is 22.7 Å². The van der Waals surface area contributed by atoms with Crippen molar-refractivity contribution in [3.05, 3.63) is 96.3 Å². The Balaban J connectivity index is 1.66. The van der Waals surface area contributed by atoms with Crippen molar-refractivity contribution in [2.24, 2.45) is 0 Å². The highest BCUT2D eigenvalue weighted by Gasteiger charge is 2.30. The van der Waals surface area contributed by atoms with Crippen LogP contribution in [0.4, 0.5) is 24.7 Å². The minimum absolute atomic E-state index is 0.0371. The van der Waals surface area contributed by atoms with Crippen LogP contribution in [0.2, 0.25) is 0 Å². The number of aromatic nitrogens is 2. The number of sulfonamides is 1. The molecule has 11 heteroatoms. The highest BCUT2D eigenvalue weighted by Crippen LogP contribution is 2.33. The van der Waals surface area contributed by atoms with E-state index < -0.39 is 21.8 Å². The van der Waals surface area contributed by atoms with Gasteiger partial charge < -0.3 is 10.1 Å². The molecule has 0 spiro atoms. The van der Waals surface area contributed by atoms with Gasteiger partial charge in [-0.1, -0.05) is 18.2 Å². The number of nitrogens with zero attached hydrogens (tertiary/aromatic N) is 3. The number of rotatable bonds is 8. The Kier molecular flexibility index (Phi) is 7.46. The van der Waals surface area contributed by atoms with Crippen LogP contribution in [0.15, 0.2) is 90.1 Å². The van der Waals surface area contributed by atoms with Crippen LogP contribution >= 0.6 is 0 Å². The van der Waals surface area contributed by atoms with Crippen molar-refractivity contribution in [3.63, 3.8) is 0 Å². The number of benzene rings is 2. The smallest absolute Gasteiger partial charge is 0.417 e. The van der Waals surface area contributed by atoms with E-state index in [0.717, 1.165) is 17.8 Å². The van der Waals surface area contributed by atoms with Crippen molar-refractivity contribution in [2.75, 3.05) is 19.5 Å². The lowest BCUT2D eigenvalue weighted by molar-refractivity contribution is -0.137. The highest BCUT2D eigenvalue weighted by molar-refractivity contribution is 7.89. The average molecular weight is 529 g/mol. The van der Waals surface area contributed by atoms with Gasteiger partial charge in [-0.15, -0.1) is 0 Å². The Bertz CT molecular complexity index is 1460. The number of halogens is 3. The van der Waals surface area contributed by atoms with Gasteiger partial charge in [0.05, 0.1) is 23.3 Å². The quantitative estimate of drug-likeness (QED) is 0.314. The van der Waals surface area contributed by atoms with Crippen LogP contribution in [0.1, 0.15) is 11.1 Å². The molecule has 2 aromatic carbocycles. The van der Waals surface area contributed by atoms with Crippen LogP contribution in [0.3, 0.4) is 0 Å². The van der Waals surface area contributed by atoms with Crippen LogP contribution in [0.5, 0.6) is 5.75 Å². The molecular weight excluding hydrogens is 505 g/mol. The molecule has 37 heavy (non-hydrogen) atoms. The molecule has 7 nitrogen and oxygen atoms in total. The molecule has 2 heterocycles.